The molecule has 10 rings (SSSR count). The molecule has 10 aromatic rings. The minimum atomic E-state index is 1.13. The molecule has 0 radical (unpaired) electrons. The Hall–Kier alpha value is -5.96. The highest BCUT2D eigenvalue weighted by Gasteiger charge is 2.16. The van der Waals surface area contributed by atoms with Crippen LogP contribution in [-0.2, 0) is 0 Å². The van der Waals surface area contributed by atoms with E-state index < -0.39 is 0 Å². The van der Waals surface area contributed by atoms with E-state index in [1.54, 1.807) is 0 Å². The first-order valence-electron chi connectivity index (χ1n) is 16.4. The SMILES string of the molecule is c1ccc2c(c1)ccc1cc(-c3ccc(N(c4ccc5c(c4)sc4ccccc45)c4ccc5ccc6ccccc6c5c4)cc3)ccc12. The number of anilines is 3. The van der Waals surface area contributed by atoms with Crippen molar-refractivity contribution >= 4 is 91.7 Å². The van der Waals surface area contributed by atoms with Crippen LogP contribution in [0.1, 0.15) is 0 Å². The van der Waals surface area contributed by atoms with E-state index in [2.05, 4.69) is 181 Å². The fraction of sp³-hybridized carbons (Fsp3) is 0. The van der Waals surface area contributed by atoms with Crippen LogP contribution in [0.4, 0.5) is 17.1 Å². The van der Waals surface area contributed by atoms with Crippen molar-refractivity contribution < 1.29 is 0 Å². The first-order valence-corrected chi connectivity index (χ1v) is 17.2. The number of benzene rings is 9. The second-order valence-corrected chi connectivity index (χ2v) is 13.7. The van der Waals surface area contributed by atoms with E-state index in [0.717, 1.165) is 17.1 Å². The summed E-state index contributed by atoms with van der Waals surface area (Å²) in [5.41, 5.74) is 5.85. The molecule has 0 aliphatic rings. The Labute approximate surface area is 282 Å². The van der Waals surface area contributed by atoms with E-state index in [-0.39, 0.29) is 0 Å². The highest BCUT2D eigenvalue weighted by Crippen LogP contribution is 2.42. The van der Waals surface area contributed by atoms with E-state index >= 15 is 0 Å². The van der Waals surface area contributed by atoms with Crippen LogP contribution in [0.3, 0.4) is 0 Å². The first kappa shape index (κ1) is 27.2. The Balaban J connectivity index is 1.12. The molecule has 0 N–H and O–H groups in total. The normalized spacial score (nSPS) is 11.8. The molecule has 0 spiro atoms. The Morgan fingerprint density at radius 3 is 1.58 bits per heavy atom. The van der Waals surface area contributed by atoms with Gasteiger partial charge in [-0.3, -0.25) is 0 Å². The third-order valence-corrected chi connectivity index (χ3v) is 10.9. The average molecular weight is 628 g/mol. The second kappa shape index (κ2) is 10.8. The van der Waals surface area contributed by atoms with Gasteiger partial charge in [0.15, 0.2) is 0 Å². The summed E-state index contributed by atoms with van der Waals surface area (Å²) in [4.78, 5) is 2.40. The molecule has 0 saturated heterocycles. The molecule has 224 valence electrons. The van der Waals surface area contributed by atoms with Gasteiger partial charge in [-0.2, -0.15) is 0 Å². The summed E-state index contributed by atoms with van der Waals surface area (Å²) in [5, 5.41) is 12.8. The minimum absolute atomic E-state index is 1.13. The predicted octanol–water partition coefficient (Wildman–Crippen LogP) is 13.8. The molecular weight excluding hydrogens is 599 g/mol. The van der Waals surface area contributed by atoms with Gasteiger partial charge in [0.2, 0.25) is 0 Å². The van der Waals surface area contributed by atoms with E-state index in [1.165, 1.54) is 74.4 Å². The lowest BCUT2D eigenvalue weighted by molar-refractivity contribution is 1.30. The van der Waals surface area contributed by atoms with Crippen molar-refractivity contribution in [2.75, 3.05) is 4.90 Å². The van der Waals surface area contributed by atoms with E-state index in [0.29, 0.717) is 0 Å². The quantitative estimate of drug-likeness (QED) is 0.176. The molecule has 0 atom stereocenters. The summed E-state index contributed by atoms with van der Waals surface area (Å²) >= 11 is 1.86. The summed E-state index contributed by atoms with van der Waals surface area (Å²) in [6.07, 6.45) is 0. The van der Waals surface area contributed by atoms with E-state index in [1.807, 2.05) is 11.3 Å². The maximum Gasteiger partial charge on any atom is 0.0476 e. The lowest BCUT2D eigenvalue weighted by Crippen LogP contribution is -2.09. The molecule has 0 saturated carbocycles. The third kappa shape index (κ3) is 4.38. The number of nitrogens with zero attached hydrogens (tertiary/aromatic N) is 1. The fourth-order valence-corrected chi connectivity index (χ4v) is 8.56. The summed E-state index contributed by atoms with van der Waals surface area (Å²) in [6, 6.07) is 64.6. The van der Waals surface area contributed by atoms with Gasteiger partial charge >= 0.3 is 0 Å². The van der Waals surface area contributed by atoms with Gasteiger partial charge < -0.3 is 4.90 Å². The van der Waals surface area contributed by atoms with Crippen LogP contribution in [0, 0.1) is 0 Å². The summed E-state index contributed by atoms with van der Waals surface area (Å²) in [6.45, 7) is 0. The summed E-state index contributed by atoms with van der Waals surface area (Å²) in [7, 11) is 0. The van der Waals surface area contributed by atoms with Gasteiger partial charge in [0.1, 0.15) is 0 Å². The van der Waals surface area contributed by atoms with Crippen molar-refractivity contribution in [2.45, 2.75) is 0 Å². The van der Waals surface area contributed by atoms with Crippen LogP contribution in [0.15, 0.2) is 176 Å². The van der Waals surface area contributed by atoms with Crippen LogP contribution in [-0.4, -0.2) is 0 Å². The van der Waals surface area contributed by atoms with Crippen molar-refractivity contribution in [3.63, 3.8) is 0 Å². The highest BCUT2D eigenvalue weighted by atomic mass is 32.1. The Bertz CT molecular complexity index is 2840. The Kier molecular flexibility index (Phi) is 6.12. The van der Waals surface area contributed by atoms with Gasteiger partial charge in [-0.15, -0.1) is 11.3 Å². The summed E-state index contributed by atoms with van der Waals surface area (Å²) < 4.78 is 2.62. The van der Waals surface area contributed by atoms with E-state index in [9.17, 15) is 0 Å². The highest BCUT2D eigenvalue weighted by molar-refractivity contribution is 7.25. The topological polar surface area (TPSA) is 3.24 Å². The van der Waals surface area contributed by atoms with Gasteiger partial charge in [0, 0.05) is 37.2 Å². The number of rotatable bonds is 4. The van der Waals surface area contributed by atoms with Gasteiger partial charge in [-0.25, -0.2) is 0 Å². The van der Waals surface area contributed by atoms with Crippen LogP contribution >= 0.6 is 11.3 Å². The van der Waals surface area contributed by atoms with Gasteiger partial charge in [0.25, 0.3) is 0 Å². The van der Waals surface area contributed by atoms with Crippen molar-refractivity contribution in [3.05, 3.63) is 176 Å². The molecule has 1 aromatic heterocycles. The maximum absolute atomic E-state index is 2.40. The van der Waals surface area contributed by atoms with Crippen molar-refractivity contribution in [2.24, 2.45) is 0 Å². The number of fused-ring (bicyclic) bond motifs is 9. The minimum Gasteiger partial charge on any atom is -0.310 e. The van der Waals surface area contributed by atoms with Crippen LogP contribution in [0.2, 0.25) is 0 Å². The average Bonchev–Trinajstić information content (AvgIpc) is 3.53. The molecule has 9 aromatic carbocycles. The van der Waals surface area contributed by atoms with Crippen molar-refractivity contribution in [1.82, 2.24) is 0 Å². The molecule has 1 nitrogen and oxygen atoms in total. The molecular formula is C46H29NS. The zero-order chi connectivity index (χ0) is 31.6. The van der Waals surface area contributed by atoms with Crippen LogP contribution in [0.5, 0.6) is 0 Å². The zero-order valence-electron chi connectivity index (χ0n) is 26.1. The Morgan fingerprint density at radius 2 is 0.792 bits per heavy atom. The molecule has 48 heavy (non-hydrogen) atoms. The predicted molar refractivity (Wildman–Crippen MR) is 209 cm³/mol. The molecule has 0 aliphatic carbocycles. The van der Waals surface area contributed by atoms with Gasteiger partial charge in [-0.05, 0) is 103 Å². The molecule has 0 amide bonds. The molecule has 0 unspecified atom stereocenters. The largest absolute Gasteiger partial charge is 0.310 e. The van der Waals surface area contributed by atoms with Crippen molar-refractivity contribution in [1.29, 1.82) is 0 Å². The molecule has 0 fully saturated rings. The Morgan fingerprint density at radius 1 is 0.292 bits per heavy atom. The summed E-state index contributed by atoms with van der Waals surface area (Å²) in [5.74, 6) is 0. The molecule has 0 bridgehead atoms. The molecule has 1 heterocycles. The standard InChI is InChI=1S/C46H29NS/c1-3-9-39-31(7-1)15-16-35-27-34(20-25-41(35)39)30-17-21-36(22-18-30)47(38-24-26-43-42-11-5-6-12-45(42)48-46(43)29-38)37-23-19-33-14-13-32-8-2-4-10-40(32)44(33)28-37/h1-29H. The van der Waals surface area contributed by atoms with Crippen LogP contribution in [0.25, 0.3) is 74.4 Å². The number of hydrogen-bond acceptors (Lipinski definition) is 2. The number of hydrogen-bond donors (Lipinski definition) is 0. The lowest BCUT2D eigenvalue weighted by atomic mass is 9.97. The second-order valence-electron chi connectivity index (χ2n) is 12.6. The fourth-order valence-electron chi connectivity index (χ4n) is 7.43. The van der Waals surface area contributed by atoms with Crippen molar-refractivity contribution in [3.8, 4) is 11.1 Å². The first-order chi connectivity index (χ1) is 23.8. The zero-order valence-corrected chi connectivity index (χ0v) is 26.9. The molecule has 0 aliphatic heterocycles. The molecule has 2 heteroatoms. The van der Waals surface area contributed by atoms with Gasteiger partial charge in [0.05, 0.1) is 0 Å². The van der Waals surface area contributed by atoms with Gasteiger partial charge in [-0.1, -0.05) is 127 Å². The maximum atomic E-state index is 2.40. The number of thiophene rings is 1. The van der Waals surface area contributed by atoms with Crippen LogP contribution < -0.4 is 4.90 Å². The lowest BCUT2D eigenvalue weighted by Gasteiger charge is -2.26. The third-order valence-electron chi connectivity index (χ3n) is 9.81. The monoisotopic (exact) mass is 627 g/mol. The smallest absolute Gasteiger partial charge is 0.0476 e. The van der Waals surface area contributed by atoms with E-state index in [4.69, 9.17) is 0 Å².